The molecule has 0 atom stereocenters. The summed E-state index contributed by atoms with van der Waals surface area (Å²) < 4.78 is 0.712. The fraction of sp³-hybridized carbons (Fsp3) is 0.0769. The van der Waals surface area contributed by atoms with Crippen molar-refractivity contribution in [2.45, 2.75) is 6.42 Å². The predicted octanol–water partition coefficient (Wildman–Crippen LogP) is 3.51. The fourth-order valence-electron chi connectivity index (χ4n) is 1.56. The molecular weight excluding hydrogens is 316 g/mol. The summed E-state index contributed by atoms with van der Waals surface area (Å²) in [6, 6.07) is 8.59. The van der Waals surface area contributed by atoms with Crippen molar-refractivity contribution in [2.75, 3.05) is 5.73 Å². The highest BCUT2D eigenvalue weighted by molar-refractivity contribution is 9.10. The molecule has 92 valence electrons. The number of pyridine rings is 1. The van der Waals surface area contributed by atoms with Crippen LogP contribution in [-0.2, 0) is 6.42 Å². The summed E-state index contributed by atoms with van der Waals surface area (Å²) in [5.41, 5.74) is 7.03. The van der Waals surface area contributed by atoms with Gasteiger partial charge in [-0.25, -0.2) is 4.98 Å². The number of nitrogen functional groups attached to an aromatic ring is 1. The van der Waals surface area contributed by atoms with E-state index in [0.717, 1.165) is 5.56 Å². The normalized spacial score (nSPS) is 10.3. The smallest absolute Gasteiger partial charge is 0.167 e. The van der Waals surface area contributed by atoms with Crippen molar-refractivity contribution in [1.82, 2.24) is 4.98 Å². The van der Waals surface area contributed by atoms with Crippen molar-refractivity contribution < 1.29 is 4.79 Å². The van der Waals surface area contributed by atoms with E-state index in [4.69, 9.17) is 17.3 Å². The summed E-state index contributed by atoms with van der Waals surface area (Å²) in [4.78, 5) is 16.0. The molecule has 0 saturated heterocycles. The first-order valence-electron chi connectivity index (χ1n) is 5.25. The van der Waals surface area contributed by atoms with Crippen LogP contribution >= 0.6 is 27.5 Å². The Kier molecular flexibility index (Phi) is 3.99. The highest BCUT2D eigenvalue weighted by atomic mass is 79.9. The van der Waals surface area contributed by atoms with Gasteiger partial charge in [-0.1, -0.05) is 11.6 Å². The van der Waals surface area contributed by atoms with Gasteiger partial charge in [-0.2, -0.15) is 0 Å². The van der Waals surface area contributed by atoms with Gasteiger partial charge in [0.05, 0.1) is 5.02 Å². The first kappa shape index (κ1) is 13.1. The largest absolute Gasteiger partial charge is 0.384 e. The fourth-order valence-corrected chi connectivity index (χ4v) is 2.06. The van der Waals surface area contributed by atoms with Crippen molar-refractivity contribution in [1.29, 1.82) is 0 Å². The number of nitrogens with two attached hydrogens (primary N) is 1. The second kappa shape index (κ2) is 5.50. The van der Waals surface area contributed by atoms with Gasteiger partial charge in [0.2, 0.25) is 0 Å². The van der Waals surface area contributed by atoms with Gasteiger partial charge < -0.3 is 5.73 Å². The summed E-state index contributed by atoms with van der Waals surface area (Å²) in [5.74, 6) is 0.426. The predicted molar refractivity (Wildman–Crippen MR) is 75.8 cm³/mol. The third kappa shape index (κ3) is 3.09. The zero-order valence-corrected chi connectivity index (χ0v) is 11.7. The zero-order valence-electron chi connectivity index (χ0n) is 9.36. The van der Waals surface area contributed by atoms with Crippen molar-refractivity contribution >= 4 is 39.1 Å². The number of benzene rings is 1. The van der Waals surface area contributed by atoms with Crippen molar-refractivity contribution in [3.8, 4) is 0 Å². The molecule has 0 aliphatic heterocycles. The molecule has 0 aliphatic rings. The van der Waals surface area contributed by atoms with E-state index in [1.165, 1.54) is 0 Å². The summed E-state index contributed by atoms with van der Waals surface area (Å²) >= 11 is 9.18. The molecule has 1 aromatic carbocycles. The van der Waals surface area contributed by atoms with Crippen LogP contribution in [0.2, 0.25) is 5.02 Å². The number of Topliss-reactive ketones (excluding diaryl/α,β-unsaturated/α-hetero) is 1. The van der Waals surface area contributed by atoms with Crippen LogP contribution < -0.4 is 5.73 Å². The maximum absolute atomic E-state index is 12.1. The molecular formula is C13H10BrClN2O. The zero-order chi connectivity index (χ0) is 13.1. The van der Waals surface area contributed by atoms with Gasteiger partial charge in [-0.15, -0.1) is 0 Å². The van der Waals surface area contributed by atoms with E-state index in [0.29, 0.717) is 27.3 Å². The second-order valence-electron chi connectivity index (χ2n) is 3.82. The Hall–Kier alpha value is -1.39. The Labute approximate surface area is 118 Å². The van der Waals surface area contributed by atoms with Crippen LogP contribution in [0.5, 0.6) is 0 Å². The number of carbonyl (C=O) groups is 1. The molecule has 0 bridgehead atoms. The number of rotatable bonds is 3. The van der Waals surface area contributed by atoms with Crippen LogP contribution in [0.15, 0.2) is 41.0 Å². The molecule has 1 heterocycles. The standard InChI is InChI=1S/C13H10BrClN2O/c14-10-7-9(1-2-11(10)15)12(18)5-8-3-4-17-13(16)6-8/h1-4,6-7H,5H2,(H2,16,17). The molecule has 0 amide bonds. The molecule has 2 rings (SSSR count). The number of ketones is 1. The Morgan fingerprint density at radius 2 is 2.11 bits per heavy atom. The van der Waals surface area contributed by atoms with Gasteiger partial charge in [-0.3, -0.25) is 4.79 Å². The third-order valence-electron chi connectivity index (χ3n) is 2.45. The number of nitrogens with zero attached hydrogens (tertiary/aromatic N) is 1. The molecule has 0 saturated carbocycles. The van der Waals surface area contributed by atoms with E-state index in [2.05, 4.69) is 20.9 Å². The van der Waals surface area contributed by atoms with E-state index in [-0.39, 0.29) is 5.78 Å². The molecule has 0 aliphatic carbocycles. The molecule has 2 N–H and O–H groups in total. The monoisotopic (exact) mass is 324 g/mol. The van der Waals surface area contributed by atoms with Crippen LogP contribution in [0.1, 0.15) is 15.9 Å². The van der Waals surface area contributed by atoms with E-state index >= 15 is 0 Å². The van der Waals surface area contributed by atoms with Gasteiger partial charge in [-0.05, 0) is 51.8 Å². The molecule has 0 radical (unpaired) electrons. The lowest BCUT2D eigenvalue weighted by Crippen LogP contribution is -2.04. The first-order chi connectivity index (χ1) is 8.56. The molecule has 0 unspecified atom stereocenters. The summed E-state index contributed by atoms with van der Waals surface area (Å²) in [7, 11) is 0. The molecule has 5 heteroatoms. The molecule has 0 spiro atoms. The lowest BCUT2D eigenvalue weighted by atomic mass is 10.0. The number of hydrogen-bond acceptors (Lipinski definition) is 3. The molecule has 1 aromatic heterocycles. The van der Waals surface area contributed by atoms with Crippen LogP contribution in [-0.4, -0.2) is 10.8 Å². The average molecular weight is 326 g/mol. The van der Waals surface area contributed by atoms with Crippen molar-refractivity contribution in [3.63, 3.8) is 0 Å². The van der Waals surface area contributed by atoms with Gasteiger partial charge >= 0.3 is 0 Å². The molecule has 3 nitrogen and oxygen atoms in total. The third-order valence-corrected chi connectivity index (χ3v) is 3.67. The minimum absolute atomic E-state index is 0.0120. The Morgan fingerprint density at radius 1 is 1.33 bits per heavy atom. The summed E-state index contributed by atoms with van der Waals surface area (Å²) in [6.07, 6.45) is 1.89. The lowest BCUT2D eigenvalue weighted by molar-refractivity contribution is 0.0993. The Balaban J connectivity index is 2.19. The van der Waals surface area contributed by atoms with Gasteiger partial charge in [0.1, 0.15) is 5.82 Å². The SMILES string of the molecule is Nc1cc(CC(=O)c2ccc(Cl)c(Br)c2)ccn1. The van der Waals surface area contributed by atoms with E-state index < -0.39 is 0 Å². The van der Waals surface area contributed by atoms with E-state index in [1.807, 2.05) is 0 Å². The lowest BCUT2D eigenvalue weighted by Gasteiger charge is -2.04. The maximum atomic E-state index is 12.1. The van der Waals surface area contributed by atoms with Gasteiger partial charge in [0.25, 0.3) is 0 Å². The second-order valence-corrected chi connectivity index (χ2v) is 5.08. The first-order valence-corrected chi connectivity index (χ1v) is 6.42. The Bertz CT molecular complexity index is 601. The number of hydrogen-bond donors (Lipinski definition) is 1. The van der Waals surface area contributed by atoms with Crippen LogP contribution in [0.4, 0.5) is 5.82 Å². The van der Waals surface area contributed by atoms with Crippen molar-refractivity contribution in [3.05, 3.63) is 57.2 Å². The number of aromatic nitrogens is 1. The Morgan fingerprint density at radius 3 is 2.78 bits per heavy atom. The van der Waals surface area contributed by atoms with Crippen LogP contribution in [0, 0.1) is 0 Å². The molecule has 2 aromatic rings. The summed E-state index contributed by atoms with van der Waals surface area (Å²) in [6.45, 7) is 0. The number of halogens is 2. The quantitative estimate of drug-likeness (QED) is 0.879. The minimum Gasteiger partial charge on any atom is -0.384 e. The van der Waals surface area contributed by atoms with Crippen LogP contribution in [0.25, 0.3) is 0 Å². The summed E-state index contributed by atoms with van der Waals surface area (Å²) in [5, 5.41) is 0.583. The van der Waals surface area contributed by atoms with Crippen molar-refractivity contribution in [2.24, 2.45) is 0 Å². The molecule has 18 heavy (non-hydrogen) atoms. The molecule has 0 fully saturated rings. The average Bonchev–Trinajstić information content (AvgIpc) is 2.32. The topological polar surface area (TPSA) is 56.0 Å². The number of carbonyl (C=O) groups excluding carboxylic acids is 1. The van der Waals surface area contributed by atoms with Crippen LogP contribution in [0.3, 0.4) is 0 Å². The highest BCUT2D eigenvalue weighted by Crippen LogP contribution is 2.24. The van der Waals surface area contributed by atoms with E-state index in [1.54, 1.807) is 36.5 Å². The minimum atomic E-state index is 0.0120. The number of anilines is 1. The highest BCUT2D eigenvalue weighted by Gasteiger charge is 2.09. The maximum Gasteiger partial charge on any atom is 0.167 e. The van der Waals surface area contributed by atoms with Gasteiger partial charge in [0, 0.05) is 22.7 Å². The van der Waals surface area contributed by atoms with Gasteiger partial charge in [0.15, 0.2) is 5.78 Å². The van der Waals surface area contributed by atoms with E-state index in [9.17, 15) is 4.79 Å².